The van der Waals surface area contributed by atoms with E-state index >= 15 is 0 Å². The van der Waals surface area contributed by atoms with E-state index in [0.29, 0.717) is 0 Å². The third-order valence-corrected chi connectivity index (χ3v) is 4.36. The lowest BCUT2D eigenvalue weighted by atomic mass is 9.92. The molecule has 0 unspecified atom stereocenters. The van der Waals surface area contributed by atoms with Crippen LogP contribution in [0.15, 0.2) is 42.0 Å². The summed E-state index contributed by atoms with van der Waals surface area (Å²) in [6.07, 6.45) is 15.4. The molecule has 0 radical (unpaired) electrons. The van der Waals surface area contributed by atoms with Crippen molar-refractivity contribution >= 4 is 12.0 Å². The molecule has 2 rings (SSSR count). The van der Waals surface area contributed by atoms with Crippen molar-refractivity contribution in [3.63, 3.8) is 0 Å². The van der Waals surface area contributed by atoms with Crippen LogP contribution in [-0.4, -0.2) is 12.5 Å². The summed E-state index contributed by atoms with van der Waals surface area (Å²) in [6.45, 7) is 3.02. The number of rotatable bonds is 9. The minimum absolute atomic E-state index is 0.0262. The number of hydrogen-bond acceptors (Lipinski definition) is 1. The van der Waals surface area contributed by atoms with Gasteiger partial charge in [0.2, 0.25) is 5.91 Å². The molecule has 1 aromatic carbocycles. The Kier molecular flexibility index (Phi) is 7.65. The Morgan fingerprint density at radius 1 is 1.09 bits per heavy atom. The molecule has 1 aliphatic carbocycles. The summed E-state index contributed by atoms with van der Waals surface area (Å²) in [5.41, 5.74) is 3.92. The third kappa shape index (κ3) is 6.43. The van der Waals surface area contributed by atoms with Crippen LogP contribution >= 0.6 is 0 Å². The first kappa shape index (κ1) is 17.5. The number of fused-ring (bicyclic) bond motifs is 1. The van der Waals surface area contributed by atoms with Gasteiger partial charge in [0.15, 0.2) is 0 Å². The van der Waals surface area contributed by atoms with E-state index in [1.165, 1.54) is 48.8 Å². The Hall–Kier alpha value is -1.83. The zero-order valence-corrected chi connectivity index (χ0v) is 14.3. The maximum absolute atomic E-state index is 11.8. The van der Waals surface area contributed by atoms with E-state index in [1.807, 2.05) is 6.08 Å². The molecule has 1 amide bonds. The molecule has 0 atom stereocenters. The number of allylic oxidation sites excluding steroid dienone is 2. The van der Waals surface area contributed by atoms with Gasteiger partial charge in [0.05, 0.1) is 0 Å². The molecular weight excluding hydrogens is 282 g/mol. The molecule has 0 aliphatic heterocycles. The summed E-state index contributed by atoms with van der Waals surface area (Å²) in [5.74, 6) is 0.0262. The molecule has 0 saturated heterocycles. The number of hydrogen-bond donors (Lipinski definition) is 1. The summed E-state index contributed by atoms with van der Waals surface area (Å²) in [5, 5.41) is 2.98. The number of unbranched alkanes of at least 4 members (excludes halogenated alkanes) is 5. The van der Waals surface area contributed by atoms with E-state index in [0.717, 1.165) is 25.8 Å². The molecule has 0 spiro atoms. The van der Waals surface area contributed by atoms with Crippen molar-refractivity contribution in [1.29, 1.82) is 0 Å². The Morgan fingerprint density at radius 2 is 1.87 bits per heavy atom. The Bertz CT molecular complexity index is 557. The second-order valence-electron chi connectivity index (χ2n) is 6.31. The molecule has 2 heteroatoms. The fourth-order valence-electron chi connectivity index (χ4n) is 2.94. The molecule has 2 nitrogen and oxygen atoms in total. The maximum atomic E-state index is 11.8. The van der Waals surface area contributed by atoms with Crippen LogP contribution < -0.4 is 5.32 Å². The topological polar surface area (TPSA) is 29.1 Å². The Balaban J connectivity index is 1.67. The van der Waals surface area contributed by atoms with Crippen molar-refractivity contribution in [2.24, 2.45) is 0 Å². The van der Waals surface area contributed by atoms with E-state index in [4.69, 9.17) is 0 Å². The number of aryl methyl sites for hydroxylation is 1. The SMILES string of the molecule is CCCCCCCCNC(=O)C=CC1=Cc2ccccc2CC1. The van der Waals surface area contributed by atoms with Crippen LogP contribution in [0.5, 0.6) is 0 Å². The highest BCUT2D eigenvalue weighted by Crippen LogP contribution is 2.24. The van der Waals surface area contributed by atoms with E-state index in [-0.39, 0.29) is 5.91 Å². The van der Waals surface area contributed by atoms with Crippen LogP contribution in [0.3, 0.4) is 0 Å². The maximum Gasteiger partial charge on any atom is 0.243 e. The van der Waals surface area contributed by atoms with Gasteiger partial charge in [0.25, 0.3) is 0 Å². The first-order valence-electron chi connectivity index (χ1n) is 9.04. The van der Waals surface area contributed by atoms with Crippen LogP contribution in [0, 0.1) is 0 Å². The summed E-state index contributed by atoms with van der Waals surface area (Å²) in [6, 6.07) is 8.47. The molecule has 124 valence electrons. The predicted octanol–water partition coefficient (Wildman–Crippen LogP) is 5.05. The van der Waals surface area contributed by atoms with E-state index in [2.05, 4.69) is 42.6 Å². The van der Waals surface area contributed by atoms with Gasteiger partial charge in [0, 0.05) is 12.6 Å². The summed E-state index contributed by atoms with van der Waals surface area (Å²) < 4.78 is 0. The first-order chi connectivity index (χ1) is 11.3. The number of carbonyl (C=O) groups excluding carboxylic acids is 1. The summed E-state index contributed by atoms with van der Waals surface area (Å²) >= 11 is 0. The van der Waals surface area contributed by atoms with Crippen LogP contribution in [0.2, 0.25) is 0 Å². The zero-order valence-electron chi connectivity index (χ0n) is 14.3. The second-order valence-corrected chi connectivity index (χ2v) is 6.31. The predicted molar refractivity (Wildman–Crippen MR) is 98.3 cm³/mol. The smallest absolute Gasteiger partial charge is 0.243 e. The molecule has 0 fully saturated rings. The van der Waals surface area contributed by atoms with Gasteiger partial charge in [-0.2, -0.15) is 0 Å². The Labute approximate surface area is 140 Å². The van der Waals surface area contributed by atoms with Gasteiger partial charge in [-0.25, -0.2) is 0 Å². The summed E-state index contributed by atoms with van der Waals surface area (Å²) in [7, 11) is 0. The highest BCUT2D eigenvalue weighted by Gasteiger charge is 2.07. The van der Waals surface area contributed by atoms with Crippen molar-refractivity contribution in [2.75, 3.05) is 6.54 Å². The standard InChI is InChI=1S/C21H29NO/c1-2-3-4-5-6-9-16-22-21(23)15-13-18-12-14-19-10-7-8-11-20(19)17-18/h7-8,10-11,13,15,17H,2-6,9,12,14,16H2,1H3,(H,22,23). The number of nitrogens with one attached hydrogen (secondary N) is 1. The van der Waals surface area contributed by atoms with E-state index in [1.54, 1.807) is 6.08 Å². The zero-order chi connectivity index (χ0) is 16.3. The lowest BCUT2D eigenvalue weighted by Crippen LogP contribution is -2.22. The lowest BCUT2D eigenvalue weighted by Gasteiger charge is -2.13. The van der Waals surface area contributed by atoms with Crippen molar-refractivity contribution in [3.05, 3.63) is 53.1 Å². The van der Waals surface area contributed by atoms with E-state index in [9.17, 15) is 4.79 Å². The average Bonchev–Trinajstić information content (AvgIpc) is 2.59. The van der Waals surface area contributed by atoms with Gasteiger partial charge in [-0.1, -0.05) is 75.4 Å². The molecule has 0 heterocycles. The summed E-state index contributed by atoms with van der Waals surface area (Å²) in [4.78, 5) is 11.8. The average molecular weight is 311 g/mol. The molecule has 1 aromatic rings. The fourth-order valence-corrected chi connectivity index (χ4v) is 2.94. The highest BCUT2D eigenvalue weighted by atomic mass is 16.1. The van der Waals surface area contributed by atoms with Gasteiger partial charge < -0.3 is 5.32 Å². The molecule has 1 N–H and O–H groups in total. The molecule has 0 aromatic heterocycles. The van der Waals surface area contributed by atoms with Gasteiger partial charge in [-0.05, 0) is 36.0 Å². The quantitative estimate of drug-likeness (QED) is 0.502. The minimum atomic E-state index is 0.0262. The number of benzene rings is 1. The van der Waals surface area contributed by atoms with Crippen LogP contribution in [0.4, 0.5) is 0 Å². The van der Waals surface area contributed by atoms with Crippen molar-refractivity contribution in [3.8, 4) is 0 Å². The van der Waals surface area contributed by atoms with Crippen molar-refractivity contribution in [2.45, 2.75) is 58.3 Å². The Morgan fingerprint density at radius 3 is 2.74 bits per heavy atom. The van der Waals surface area contributed by atoms with Crippen molar-refractivity contribution in [1.82, 2.24) is 5.32 Å². The normalized spacial score (nSPS) is 13.7. The fraction of sp³-hybridized carbons (Fsp3) is 0.476. The van der Waals surface area contributed by atoms with Gasteiger partial charge in [-0.3, -0.25) is 4.79 Å². The first-order valence-corrected chi connectivity index (χ1v) is 9.04. The number of carbonyl (C=O) groups is 1. The molecule has 23 heavy (non-hydrogen) atoms. The third-order valence-electron chi connectivity index (χ3n) is 4.36. The molecular formula is C21H29NO. The molecule has 0 bridgehead atoms. The van der Waals surface area contributed by atoms with Crippen molar-refractivity contribution < 1.29 is 4.79 Å². The highest BCUT2D eigenvalue weighted by molar-refractivity contribution is 5.88. The molecule has 0 saturated carbocycles. The van der Waals surface area contributed by atoms with E-state index < -0.39 is 0 Å². The van der Waals surface area contributed by atoms with Crippen LogP contribution in [0.25, 0.3) is 6.08 Å². The second kappa shape index (κ2) is 10.0. The largest absolute Gasteiger partial charge is 0.353 e. The number of amides is 1. The van der Waals surface area contributed by atoms with Gasteiger partial charge in [-0.15, -0.1) is 0 Å². The monoisotopic (exact) mass is 311 g/mol. The van der Waals surface area contributed by atoms with Crippen LogP contribution in [0.1, 0.15) is 63.0 Å². The van der Waals surface area contributed by atoms with Crippen LogP contribution in [-0.2, 0) is 11.2 Å². The van der Waals surface area contributed by atoms with Gasteiger partial charge >= 0.3 is 0 Å². The lowest BCUT2D eigenvalue weighted by molar-refractivity contribution is -0.116. The van der Waals surface area contributed by atoms with Gasteiger partial charge in [0.1, 0.15) is 0 Å². The minimum Gasteiger partial charge on any atom is -0.353 e. The molecule has 1 aliphatic rings.